The monoisotopic (exact) mass is 242 g/mol. The highest BCUT2D eigenvalue weighted by atomic mass is 79.9. The Kier molecular flexibility index (Phi) is 2.49. The van der Waals surface area contributed by atoms with Crippen molar-refractivity contribution in [1.82, 2.24) is 0 Å². The second kappa shape index (κ2) is 3.41. The van der Waals surface area contributed by atoms with Crippen molar-refractivity contribution in [3.63, 3.8) is 0 Å². The number of benzene rings is 1. The van der Waals surface area contributed by atoms with Crippen LogP contribution in [0.4, 0.5) is 5.69 Å². The fourth-order valence-electron chi connectivity index (χ4n) is 0.792. The van der Waals surface area contributed by atoms with Crippen molar-refractivity contribution in [3.8, 4) is 11.8 Å². The Morgan fingerprint density at radius 1 is 1.62 bits per heavy atom. The van der Waals surface area contributed by atoms with Crippen LogP contribution in [0.3, 0.4) is 0 Å². The number of hydrogen-bond acceptors (Lipinski definition) is 4. The van der Waals surface area contributed by atoms with E-state index in [2.05, 4.69) is 15.9 Å². The van der Waals surface area contributed by atoms with Gasteiger partial charge in [-0.1, -0.05) is 0 Å². The topological polar surface area (TPSA) is 87.2 Å². The third-order valence-electron chi connectivity index (χ3n) is 1.36. The van der Waals surface area contributed by atoms with Crippen molar-refractivity contribution in [1.29, 1.82) is 5.26 Å². The molecule has 0 spiro atoms. The van der Waals surface area contributed by atoms with Crippen LogP contribution < -0.4 is 0 Å². The minimum absolute atomic E-state index is 0.0171. The van der Waals surface area contributed by atoms with Crippen LogP contribution in [-0.4, -0.2) is 10.0 Å². The molecule has 1 N–H and O–H groups in total. The van der Waals surface area contributed by atoms with Crippen LogP contribution in [-0.2, 0) is 0 Å². The van der Waals surface area contributed by atoms with Gasteiger partial charge in [0.2, 0.25) is 0 Å². The van der Waals surface area contributed by atoms with Crippen molar-refractivity contribution in [3.05, 3.63) is 32.3 Å². The zero-order valence-electron chi connectivity index (χ0n) is 6.19. The number of nitrogens with zero attached hydrogens (tertiary/aromatic N) is 2. The minimum Gasteiger partial charge on any atom is -0.506 e. The van der Waals surface area contributed by atoms with Gasteiger partial charge in [0.1, 0.15) is 10.2 Å². The minimum atomic E-state index is -0.676. The van der Waals surface area contributed by atoms with E-state index in [0.717, 1.165) is 12.1 Å². The lowest BCUT2D eigenvalue weighted by Crippen LogP contribution is -1.90. The van der Waals surface area contributed by atoms with Crippen molar-refractivity contribution in [2.75, 3.05) is 0 Å². The number of halogens is 1. The molecule has 0 bridgehead atoms. The van der Waals surface area contributed by atoms with Crippen LogP contribution in [0.2, 0.25) is 0 Å². The Labute approximate surface area is 81.5 Å². The number of phenolic OH excluding ortho intramolecular Hbond substituents is 1. The van der Waals surface area contributed by atoms with Crippen LogP contribution in [0.25, 0.3) is 0 Å². The zero-order valence-corrected chi connectivity index (χ0v) is 7.78. The van der Waals surface area contributed by atoms with E-state index >= 15 is 0 Å². The first-order chi connectivity index (χ1) is 6.06. The van der Waals surface area contributed by atoms with Gasteiger partial charge in [0.25, 0.3) is 5.69 Å². The highest BCUT2D eigenvalue weighted by molar-refractivity contribution is 9.10. The summed E-state index contributed by atoms with van der Waals surface area (Å²) in [7, 11) is 0. The van der Waals surface area contributed by atoms with Gasteiger partial charge in [0.15, 0.2) is 0 Å². The SMILES string of the molecule is N#Cc1cc(O)c(Br)c([N+](=O)[O-])c1. The first-order valence-electron chi connectivity index (χ1n) is 3.13. The number of nitriles is 1. The molecule has 0 aliphatic rings. The number of nitro groups is 1. The summed E-state index contributed by atoms with van der Waals surface area (Å²) >= 11 is 2.84. The number of hydrogen-bond donors (Lipinski definition) is 1. The second-order valence-corrected chi connectivity index (χ2v) is 2.99. The van der Waals surface area contributed by atoms with Gasteiger partial charge in [0.05, 0.1) is 16.6 Å². The maximum atomic E-state index is 10.4. The molecule has 0 atom stereocenters. The van der Waals surface area contributed by atoms with E-state index in [1.165, 1.54) is 0 Å². The lowest BCUT2D eigenvalue weighted by Gasteiger charge is -1.98. The van der Waals surface area contributed by atoms with Crippen molar-refractivity contribution in [2.45, 2.75) is 0 Å². The Morgan fingerprint density at radius 3 is 2.69 bits per heavy atom. The van der Waals surface area contributed by atoms with Crippen LogP contribution in [0.1, 0.15) is 5.56 Å². The number of nitro benzene ring substituents is 1. The normalized spacial score (nSPS) is 9.23. The smallest absolute Gasteiger partial charge is 0.288 e. The molecule has 5 nitrogen and oxygen atoms in total. The molecule has 0 saturated heterocycles. The highest BCUT2D eigenvalue weighted by Crippen LogP contribution is 2.34. The molecule has 1 rings (SSSR count). The standard InChI is InChI=1S/C7H3BrN2O3/c8-7-5(10(12)13)1-4(3-9)2-6(7)11/h1-2,11H. The molecular formula is C7H3BrN2O3. The molecule has 0 heterocycles. The number of phenols is 1. The molecule has 1 aromatic rings. The molecule has 0 radical (unpaired) electrons. The van der Waals surface area contributed by atoms with Gasteiger partial charge < -0.3 is 5.11 Å². The van der Waals surface area contributed by atoms with E-state index in [4.69, 9.17) is 10.4 Å². The molecule has 66 valence electrons. The van der Waals surface area contributed by atoms with Gasteiger partial charge in [0, 0.05) is 6.07 Å². The fraction of sp³-hybridized carbons (Fsp3) is 0. The molecule has 0 fully saturated rings. The third-order valence-corrected chi connectivity index (χ3v) is 2.17. The fourth-order valence-corrected chi connectivity index (χ4v) is 1.17. The number of rotatable bonds is 1. The van der Waals surface area contributed by atoms with Crippen LogP contribution in [0.15, 0.2) is 16.6 Å². The van der Waals surface area contributed by atoms with E-state index in [1.807, 2.05) is 0 Å². The quantitative estimate of drug-likeness (QED) is 0.602. The summed E-state index contributed by atoms with van der Waals surface area (Å²) < 4.78 is -0.0171. The third kappa shape index (κ3) is 1.76. The lowest BCUT2D eigenvalue weighted by atomic mass is 10.2. The predicted octanol–water partition coefficient (Wildman–Crippen LogP) is 1.93. The van der Waals surface area contributed by atoms with Gasteiger partial charge in [-0.15, -0.1) is 0 Å². The molecule has 0 saturated carbocycles. The maximum Gasteiger partial charge on any atom is 0.288 e. The molecular weight excluding hydrogens is 240 g/mol. The van der Waals surface area contributed by atoms with Gasteiger partial charge in [-0.2, -0.15) is 5.26 Å². The summed E-state index contributed by atoms with van der Waals surface area (Å²) in [5.41, 5.74) is -0.274. The largest absolute Gasteiger partial charge is 0.506 e. The van der Waals surface area contributed by atoms with Crippen molar-refractivity contribution >= 4 is 21.6 Å². The average molecular weight is 243 g/mol. The molecule has 1 aromatic carbocycles. The van der Waals surface area contributed by atoms with E-state index in [9.17, 15) is 10.1 Å². The lowest BCUT2D eigenvalue weighted by molar-refractivity contribution is -0.385. The maximum absolute atomic E-state index is 10.4. The molecule has 0 amide bonds. The van der Waals surface area contributed by atoms with E-state index in [-0.39, 0.29) is 21.5 Å². The Hall–Kier alpha value is -1.61. The Morgan fingerprint density at radius 2 is 2.23 bits per heavy atom. The molecule has 13 heavy (non-hydrogen) atoms. The molecule has 6 heteroatoms. The Balaban J connectivity index is 3.44. The summed E-state index contributed by atoms with van der Waals surface area (Å²) in [6.45, 7) is 0. The van der Waals surface area contributed by atoms with Gasteiger partial charge in [-0.3, -0.25) is 10.1 Å². The van der Waals surface area contributed by atoms with Gasteiger partial charge in [-0.25, -0.2) is 0 Å². The first kappa shape index (κ1) is 9.48. The van der Waals surface area contributed by atoms with Gasteiger partial charge in [-0.05, 0) is 22.0 Å². The van der Waals surface area contributed by atoms with E-state index < -0.39 is 4.92 Å². The second-order valence-electron chi connectivity index (χ2n) is 2.20. The highest BCUT2D eigenvalue weighted by Gasteiger charge is 2.16. The van der Waals surface area contributed by atoms with Crippen LogP contribution >= 0.6 is 15.9 Å². The van der Waals surface area contributed by atoms with Gasteiger partial charge >= 0.3 is 0 Å². The zero-order chi connectivity index (χ0) is 10.0. The molecule has 0 unspecified atom stereocenters. The van der Waals surface area contributed by atoms with Crippen molar-refractivity contribution < 1.29 is 10.0 Å². The van der Waals surface area contributed by atoms with Crippen LogP contribution in [0.5, 0.6) is 5.75 Å². The number of aromatic hydroxyl groups is 1. The van der Waals surface area contributed by atoms with Crippen LogP contribution in [0, 0.1) is 21.4 Å². The first-order valence-corrected chi connectivity index (χ1v) is 3.92. The summed E-state index contributed by atoms with van der Waals surface area (Å²) in [6.07, 6.45) is 0. The summed E-state index contributed by atoms with van der Waals surface area (Å²) in [5, 5.41) is 28.0. The van der Waals surface area contributed by atoms with Crippen molar-refractivity contribution in [2.24, 2.45) is 0 Å². The molecule has 0 aliphatic heterocycles. The van der Waals surface area contributed by atoms with E-state index in [0.29, 0.717) is 0 Å². The summed E-state index contributed by atoms with van der Waals surface area (Å²) in [6, 6.07) is 3.94. The predicted molar refractivity (Wildman–Crippen MR) is 47.2 cm³/mol. The Bertz CT molecular complexity index is 411. The average Bonchev–Trinajstić information content (AvgIpc) is 2.09. The molecule has 0 aliphatic carbocycles. The summed E-state index contributed by atoms with van der Waals surface area (Å²) in [5.74, 6) is -0.314. The molecule has 0 aromatic heterocycles. The summed E-state index contributed by atoms with van der Waals surface area (Å²) in [4.78, 5) is 9.72. The van der Waals surface area contributed by atoms with E-state index in [1.54, 1.807) is 6.07 Å².